The second kappa shape index (κ2) is 6.62. The predicted octanol–water partition coefficient (Wildman–Crippen LogP) is 5.00. The summed E-state index contributed by atoms with van der Waals surface area (Å²) in [5.41, 5.74) is 6.13. The maximum atomic E-state index is 3.56. The fourth-order valence-corrected chi connectivity index (χ4v) is 3.83. The van der Waals surface area contributed by atoms with Crippen LogP contribution in [0.4, 0.5) is 5.69 Å². The standard InChI is InChI=1S/C20H34N2/c1-8-9-22-19-10-15(4)17(13-21-14(2)3)11-18(19)16(5)12-20(22,6)7/h10-11,14,16,21H,8-9,12-13H2,1-7H3/t16-/m1/s1. The van der Waals surface area contributed by atoms with Gasteiger partial charge >= 0.3 is 0 Å². The fourth-order valence-electron chi connectivity index (χ4n) is 3.83. The average molecular weight is 303 g/mol. The quantitative estimate of drug-likeness (QED) is 0.824. The van der Waals surface area contributed by atoms with Crippen LogP contribution >= 0.6 is 0 Å². The Morgan fingerprint density at radius 1 is 1.32 bits per heavy atom. The zero-order chi connectivity index (χ0) is 16.5. The molecule has 0 amide bonds. The molecule has 1 aliphatic rings. The highest BCUT2D eigenvalue weighted by atomic mass is 15.2. The van der Waals surface area contributed by atoms with Gasteiger partial charge in [-0.05, 0) is 62.3 Å². The van der Waals surface area contributed by atoms with Crippen LogP contribution in [-0.4, -0.2) is 18.1 Å². The van der Waals surface area contributed by atoms with Gasteiger partial charge in [-0.15, -0.1) is 0 Å². The third kappa shape index (κ3) is 3.48. The van der Waals surface area contributed by atoms with Crippen LogP contribution in [0.15, 0.2) is 12.1 Å². The van der Waals surface area contributed by atoms with Crippen LogP contribution in [0.25, 0.3) is 0 Å². The van der Waals surface area contributed by atoms with E-state index < -0.39 is 0 Å². The lowest BCUT2D eigenvalue weighted by Crippen LogP contribution is -2.48. The summed E-state index contributed by atoms with van der Waals surface area (Å²) in [5, 5.41) is 3.56. The van der Waals surface area contributed by atoms with Crippen molar-refractivity contribution in [1.82, 2.24) is 5.32 Å². The van der Waals surface area contributed by atoms with E-state index in [0.717, 1.165) is 13.1 Å². The number of nitrogens with one attached hydrogen (secondary N) is 1. The van der Waals surface area contributed by atoms with E-state index >= 15 is 0 Å². The summed E-state index contributed by atoms with van der Waals surface area (Å²) < 4.78 is 0. The van der Waals surface area contributed by atoms with Gasteiger partial charge in [-0.1, -0.05) is 33.8 Å². The first-order chi connectivity index (χ1) is 10.3. The van der Waals surface area contributed by atoms with Crippen molar-refractivity contribution in [2.75, 3.05) is 11.4 Å². The maximum Gasteiger partial charge on any atom is 0.0408 e. The predicted molar refractivity (Wildman–Crippen MR) is 97.9 cm³/mol. The molecule has 2 heteroatoms. The summed E-state index contributed by atoms with van der Waals surface area (Å²) in [6.07, 6.45) is 2.44. The smallest absolute Gasteiger partial charge is 0.0408 e. The molecule has 0 aromatic heterocycles. The van der Waals surface area contributed by atoms with Crippen molar-refractivity contribution in [3.8, 4) is 0 Å². The van der Waals surface area contributed by atoms with Gasteiger partial charge in [0.05, 0.1) is 0 Å². The Morgan fingerprint density at radius 2 is 2.00 bits per heavy atom. The number of anilines is 1. The van der Waals surface area contributed by atoms with Gasteiger partial charge in [0, 0.05) is 30.4 Å². The van der Waals surface area contributed by atoms with Crippen LogP contribution in [-0.2, 0) is 6.54 Å². The number of benzene rings is 1. The van der Waals surface area contributed by atoms with Gasteiger partial charge in [0.15, 0.2) is 0 Å². The molecule has 1 aromatic rings. The molecule has 0 spiro atoms. The lowest BCUT2D eigenvalue weighted by Gasteiger charge is -2.48. The molecule has 0 aliphatic carbocycles. The Labute approximate surface area is 137 Å². The molecule has 1 atom stereocenters. The molecule has 0 unspecified atom stereocenters. The molecule has 1 aliphatic heterocycles. The van der Waals surface area contributed by atoms with E-state index in [1.54, 1.807) is 5.56 Å². The van der Waals surface area contributed by atoms with Crippen LogP contribution in [0.5, 0.6) is 0 Å². The minimum atomic E-state index is 0.257. The zero-order valence-electron chi connectivity index (χ0n) is 15.6. The first-order valence-corrected chi connectivity index (χ1v) is 8.90. The van der Waals surface area contributed by atoms with E-state index in [9.17, 15) is 0 Å². The van der Waals surface area contributed by atoms with Crippen molar-refractivity contribution in [3.63, 3.8) is 0 Å². The van der Waals surface area contributed by atoms with Crippen molar-refractivity contribution in [3.05, 3.63) is 28.8 Å². The molecule has 1 aromatic carbocycles. The van der Waals surface area contributed by atoms with Crippen molar-refractivity contribution in [2.45, 2.75) is 85.4 Å². The number of hydrogen-bond acceptors (Lipinski definition) is 2. The Balaban J connectivity index is 2.41. The number of nitrogens with zero attached hydrogens (tertiary/aromatic N) is 1. The highest BCUT2D eigenvalue weighted by molar-refractivity contribution is 5.62. The van der Waals surface area contributed by atoms with Crippen molar-refractivity contribution in [1.29, 1.82) is 0 Å². The van der Waals surface area contributed by atoms with Crippen LogP contribution in [0.2, 0.25) is 0 Å². The number of aryl methyl sites for hydroxylation is 1. The minimum Gasteiger partial charge on any atom is -0.366 e. The molecule has 2 nitrogen and oxygen atoms in total. The van der Waals surface area contributed by atoms with Gasteiger partial charge in [-0.3, -0.25) is 0 Å². The van der Waals surface area contributed by atoms with Crippen LogP contribution < -0.4 is 10.2 Å². The van der Waals surface area contributed by atoms with Crippen molar-refractivity contribution >= 4 is 5.69 Å². The third-order valence-corrected chi connectivity index (χ3v) is 4.99. The molecule has 0 bridgehead atoms. The van der Waals surface area contributed by atoms with E-state index in [-0.39, 0.29) is 5.54 Å². The van der Waals surface area contributed by atoms with Crippen LogP contribution in [0.3, 0.4) is 0 Å². The van der Waals surface area contributed by atoms with Gasteiger partial charge in [0.2, 0.25) is 0 Å². The van der Waals surface area contributed by atoms with E-state index in [2.05, 4.69) is 70.8 Å². The van der Waals surface area contributed by atoms with Gasteiger partial charge in [-0.2, -0.15) is 0 Å². The van der Waals surface area contributed by atoms with E-state index in [1.807, 2.05) is 0 Å². The molecular weight excluding hydrogens is 268 g/mol. The zero-order valence-corrected chi connectivity index (χ0v) is 15.6. The van der Waals surface area contributed by atoms with Crippen LogP contribution in [0, 0.1) is 6.92 Å². The number of fused-ring (bicyclic) bond motifs is 1. The highest BCUT2D eigenvalue weighted by Crippen LogP contribution is 2.44. The van der Waals surface area contributed by atoms with Gasteiger partial charge < -0.3 is 10.2 Å². The van der Waals surface area contributed by atoms with Gasteiger partial charge in [0.25, 0.3) is 0 Å². The molecular formula is C20H34N2. The van der Waals surface area contributed by atoms with Gasteiger partial charge in [0.1, 0.15) is 0 Å². The normalized spacial score (nSPS) is 20.4. The maximum absolute atomic E-state index is 3.56. The lowest BCUT2D eigenvalue weighted by atomic mass is 9.79. The topological polar surface area (TPSA) is 15.3 Å². The molecule has 0 fully saturated rings. The molecule has 0 saturated carbocycles. The summed E-state index contributed by atoms with van der Waals surface area (Å²) in [6, 6.07) is 5.42. The van der Waals surface area contributed by atoms with E-state index in [0.29, 0.717) is 12.0 Å². The Hall–Kier alpha value is -1.02. The second-order valence-corrected chi connectivity index (χ2v) is 7.94. The summed E-state index contributed by atoms with van der Waals surface area (Å²) in [5.74, 6) is 0.636. The Kier molecular flexibility index (Phi) is 5.21. The number of hydrogen-bond donors (Lipinski definition) is 1. The first kappa shape index (κ1) is 17.3. The van der Waals surface area contributed by atoms with Gasteiger partial charge in [-0.25, -0.2) is 0 Å². The first-order valence-electron chi connectivity index (χ1n) is 8.90. The minimum absolute atomic E-state index is 0.257. The summed E-state index contributed by atoms with van der Waals surface area (Å²) >= 11 is 0. The Bertz CT molecular complexity index is 517. The molecule has 0 radical (unpaired) electrons. The van der Waals surface area contributed by atoms with Crippen molar-refractivity contribution in [2.24, 2.45) is 0 Å². The summed E-state index contributed by atoms with van der Waals surface area (Å²) in [7, 11) is 0. The van der Waals surface area contributed by atoms with E-state index in [4.69, 9.17) is 0 Å². The van der Waals surface area contributed by atoms with Crippen molar-refractivity contribution < 1.29 is 0 Å². The molecule has 0 saturated heterocycles. The highest BCUT2D eigenvalue weighted by Gasteiger charge is 2.36. The molecule has 22 heavy (non-hydrogen) atoms. The monoisotopic (exact) mass is 302 g/mol. The third-order valence-electron chi connectivity index (χ3n) is 4.99. The fraction of sp³-hybridized carbons (Fsp3) is 0.700. The molecule has 2 rings (SSSR count). The van der Waals surface area contributed by atoms with E-state index in [1.165, 1.54) is 29.7 Å². The lowest BCUT2D eigenvalue weighted by molar-refractivity contribution is 0.376. The number of rotatable bonds is 5. The SMILES string of the molecule is CCCN1c2cc(C)c(CNC(C)C)cc2[C@H](C)CC1(C)C. The second-order valence-electron chi connectivity index (χ2n) is 7.94. The average Bonchev–Trinajstić information content (AvgIpc) is 2.41. The Morgan fingerprint density at radius 3 is 2.59 bits per heavy atom. The summed E-state index contributed by atoms with van der Waals surface area (Å²) in [6.45, 7) is 18.3. The largest absolute Gasteiger partial charge is 0.366 e. The van der Waals surface area contributed by atoms with Crippen LogP contribution in [0.1, 0.15) is 77.0 Å². The summed E-state index contributed by atoms with van der Waals surface area (Å²) in [4.78, 5) is 2.63. The molecule has 1 N–H and O–H groups in total. The molecule has 1 heterocycles. The molecule has 124 valence electrons.